The van der Waals surface area contributed by atoms with Crippen molar-refractivity contribution >= 4 is 51.4 Å². The van der Waals surface area contributed by atoms with Gasteiger partial charge in [-0.2, -0.15) is 0 Å². The summed E-state index contributed by atoms with van der Waals surface area (Å²) < 4.78 is 5.22. The third kappa shape index (κ3) is 3.90. The van der Waals surface area contributed by atoms with E-state index in [2.05, 4.69) is 12.2 Å². The topological polar surface area (TPSA) is 55.4 Å². The van der Waals surface area contributed by atoms with Gasteiger partial charge in [0.1, 0.15) is 5.00 Å². The van der Waals surface area contributed by atoms with E-state index < -0.39 is 0 Å². The van der Waals surface area contributed by atoms with Crippen molar-refractivity contribution in [1.29, 1.82) is 0 Å². The van der Waals surface area contributed by atoms with Gasteiger partial charge in [0.2, 0.25) is 0 Å². The molecule has 7 heteroatoms. The summed E-state index contributed by atoms with van der Waals surface area (Å²) in [7, 11) is 0. The SMILES string of the molecule is CCOC(=O)c1c(NC(=O)c2ccc(Cl)c(Cl)c2)sc2c1CC[C@@H](C)C2. The maximum atomic E-state index is 12.6. The van der Waals surface area contributed by atoms with E-state index in [4.69, 9.17) is 27.9 Å². The highest BCUT2D eigenvalue weighted by Crippen LogP contribution is 2.40. The first-order valence-corrected chi connectivity index (χ1v) is 10.1. The maximum Gasteiger partial charge on any atom is 0.341 e. The molecule has 26 heavy (non-hydrogen) atoms. The van der Waals surface area contributed by atoms with Crippen molar-refractivity contribution < 1.29 is 14.3 Å². The Kier molecular flexibility index (Phi) is 5.90. The van der Waals surface area contributed by atoms with E-state index >= 15 is 0 Å². The van der Waals surface area contributed by atoms with Gasteiger partial charge in [-0.15, -0.1) is 11.3 Å². The molecule has 138 valence electrons. The van der Waals surface area contributed by atoms with Crippen LogP contribution in [0.4, 0.5) is 5.00 Å². The van der Waals surface area contributed by atoms with Crippen LogP contribution in [0.5, 0.6) is 0 Å². The number of carbonyl (C=O) groups is 2. The molecule has 1 amide bonds. The zero-order valence-electron chi connectivity index (χ0n) is 14.5. The summed E-state index contributed by atoms with van der Waals surface area (Å²) in [6.45, 7) is 4.26. The van der Waals surface area contributed by atoms with Gasteiger partial charge in [-0.25, -0.2) is 4.79 Å². The zero-order chi connectivity index (χ0) is 18.8. The van der Waals surface area contributed by atoms with Crippen molar-refractivity contribution in [2.75, 3.05) is 11.9 Å². The number of benzene rings is 1. The van der Waals surface area contributed by atoms with Crippen LogP contribution in [0.1, 0.15) is 51.4 Å². The Hall–Kier alpha value is -1.56. The monoisotopic (exact) mass is 411 g/mol. The van der Waals surface area contributed by atoms with Gasteiger partial charge in [0.15, 0.2) is 0 Å². The van der Waals surface area contributed by atoms with Crippen LogP contribution in [0.3, 0.4) is 0 Å². The Balaban J connectivity index is 1.94. The molecule has 1 aromatic heterocycles. The number of rotatable bonds is 4. The summed E-state index contributed by atoms with van der Waals surface area (Å²) >= 11 is 13.4. The largest absolute Gasteiger partial charge is 0.462 e. The fourth-order valence-corrected chi connectivity index (χ4v) is 4.76. The van der Waals surface area contributed by atoms with Crippen LogP contribution in [-0.4, -0.2) is 18.5 Å². The lowest BCUT2D eigenvalue weighted by Gasteiger charge is -2.18. The lowest BCUT2D eigenvalue weighted by molar-refractivity contribution is 0.0526. The predicted molar refractivity (Wildman–Crippen MR) is 106 cm³/mol. The van der Waals surface area contributed by atoms with Crippen LogP contribution >= 0.6 is 34.5 Å². The Morgan fingerprint density at radius 1 is 1.31 bits per heavy atom. The molecule has 1 N–H and O–H groups in total. The molecule has 1 aromatic carbocycles. The molecular formula is C19H19Cl2NO3S. The molecule has 1 aliphatic carbocycles. The minimum Gasteiger partial charge on any atom is -0.462 e. The van der Waals surface area contributed by atoms with Gasteiger partial charge in [-0.1, -0.05) is 30.1 Å². The molecule has 0 spiro atoms. The second-order valence-corrected chi connectivity index (χ2v) is 8.28. The maximum absolute atomic E-state index is 12.6. The second kappa shape index (κ2) is 7.99. The highest BCUT2D eigenvalue weighted by Gasteiger charge is 2.29. The third-order valence-corrected chi connectivity index (χ3v) is 6.31. The summed E-state index contributed by atoms with van der Waals surface area (Å²) in [6, 6.07) is 4.69. The smallest absolute Gasteiger partial charge is 0.341 e. The molecule has 1 heterocycles. The van der Waals surface area contributed by atoms with Gasteiger partial charge >= 0.3 is 5.97 Å². The summed E-state index contributed by atoms with van der Waals surface area (Å²) in [6.07, 6.45) is 2.76. The van der Waals surface area contributed by atoms with Gasteiger partial charge in [0.25, 0.3) is 5.91 Å². The fraction of sp³-hybridized carbons (Fsp3) is 0.368. The minimum absolute atomic E-state index is 0.292. The number of halogens is 2. The number of carbonyl (C=O) groups excluding carboxylic acids is 2. The normalized spacial score (nSPS) is 16.1. The highest BCUT2D eigenvalue weighted by atomic mass is 35.5. The van der Waals surface area contributed by atoms with Gasteiger partial charge in [-0.05, 0) is 55.9 Å². The van der Waals surface area contributed by atoms with Crippen molar-refractivity contribution in [3.8, 4) is 0 Å². The first-order chi connectivity index (χ1) is 12.4. The van der Waals surface area contributed by atoms with Gasteiger partial charge in [0.05, 0.1) is 22.2 Å². The van der Waals surface area contributed by atoms with Crippen LogP contribution in [-0.2, 0) is 17.6 Å². The zero-order valence-corrected chi connectivity index (χ0v) is 16.9. The van der Waals surface area contributed by atoms with Crippen molar-refractivity contribution in [2.45, 2.75) is 33.1 Å². The summed E-state index contributed by atoms with van der Waals surface area (Å²) in [5, 5.41) is 4.10. The van der Waals surface area contributed by atoms with Crippen LogP contribution < -0.4 is 5.32 Å². The Bertz CT molecular complexity index is 863. The fourth-order valence-electron chi connectivity index (χ4n) is 3.07. The van der Waals surface area contributed by atoms with Gasteiger partial charge in [-0.3, -0.25) is 4.79 Å². The second-order valence-electron chi connectivity index (χ2n) is 6.36. The molecule has 0 bridgehead atoms. The molecule has 1 aliphatic rings. The highest BCUT2D eigenvalue weighted by molar-refractivity contribution is 7.17. The van der Waals surface area contributed by atoms with Crippen LogP contribution in [0.25, 0.3) is 0 Å². The number of esters is 1. The average molecular weight is 412 g/mol. The lowest BCUT2D eigenvalue weighted by Crippen LogP contribution is -2.16. The molecule has 0 unspecified atom stereocenters. The van der Waals surface area contributed by atoms with E-state index in [1.54, 1.807) is 19.1 Å². The molecule has 2 aromatic rings. The van der Waals surface area contributed by atoms with Crippen LogP contribution in [0.15, 0.2) is 18.2 Å². The van der Waals surface area contributed by atoms with Crippen LogP contribution in [0, 0.1) is 5.92 Å². The van der Waals surface area contributed by atoms with Gasteiger partial charge in [0, 0.05) is 10.4 Å². The molecule has 0 radical (unpaired) electrons. The van der Waals surface area contributed by atoms with E-state index in [1.165, 1.54) is 17.4 Å². The van der Waals surface area contributed by atoms with E-state index in [9.17, 15) is 9.59 Å². The molecule has 0 saturated carbocycles. The Morgan fingerprint density at radius 2 is 2.08 bits per heavy atom. The first-order valence-electron chi connectivity index (χ1n) is 8.48. The molecule has 0 fully saturated rings. The van der Waals surface area contributed by atoms with E-state index in [0.29, 0.717) is 38.7 Å². The van der Waals surface area contributed by atoms with Gasteiger partial charge < -0.3 is 10.1 Å². The van der Waals surface area contributed by atoms with Crippen molar-refractivity contribution in [3.05, 3.63) is 49.8 Å². The van der Waals surface area contributed by atoms with Crippen molar-refractivity contribution in [3.63, 3.8) is 0 Å². The number of fused-ring (bicyclic) bond motifs is 1. The Morgan fingerprint density at radius 3 is 2.77 bits per heavy atom. The molecule has 0 saturated heterocycles. The van der Waals surface area contributed by atoms with E-state index in [-0.39, 0.29) is 11.9 Å². The molecular weight excluding hydrogens is 393 g/mol. The number of thiophene rings is 1. The molecule has 3 rings (SSSR count). The summed E-state index contributed by atoms with van der Waals surface area (Å²) in [4.78, 5) is 26.3. The molecule has 1 atom stereocenters. The number of hydrogen-bond donors (Lipinski definition) is 1. The average Bonchev–Trinajstić information content (AvgIpc) is 2.94. The predicted octanol–water partition coefficient (Wildman–Crippen LogP) is 5.61. The number of amides is 1. The molecule has 4 nitrogen and oxygen atoms in total. The first kappa shape index (κ1) is 19.2. The van der Waals surface area contributed by atoms with E-state index in [0.717, 1.165) is 29.7 Å². The standard InChI is InChI=1S/C19H19Cl2NO3S/c1-3-25-19(24)16-12-6-4-10(2)8-15(12)26-18(16)22-17(23)11-5-7-13(20)14(21)9-11/h5,7,9-10H,3-4,6,8H2,1-2H3,(H,22,23)/t10-/m1/s1. The number of ether oxygens (including phenoxy) is 1. The van der Waals surface area contributed by atoms with Crippen LogP contribution in [0.2, 0.25) is 10.0 Å². The number of anilines is 1. The van der Waals surface area contributed by atoms with E-state index in [1.807, 2.05) is 0 Å². The lowest BCUT2D eigenvalue weighted by atomic mass is 9.88. The number of nitrogens with one attached hydrogen (secondary N) is 1. The molecule has 0 aliphatic heterocycles. The minimum atomic E-state index is -0.385. The third-order valence-electron chi connectivity index (χ3n) is 4.40. The Labute approximate surface area is 166 Å². The summed E-state index contributed by atoms with van der Waals surface area (Å²) in [5.41, 5.74) is 1.89. The van der Waals surface area contributed by atoms with Crippen molar-refractivity contribution in [1.82, 2.24) is 0 Å². The summed E-state index contributed by atoms with van der Waals surface area (Å²) in [5.74, 6) is -0.153. The quantitative estimate of drug-likeness (QED) is 0.665. The van der Waals surface area contributed by atoms with Crippen molar-refractivity contribution in [2.24, 2.45) is 5.92 Å². The number of hydrogen-bond acceptors (Lipinski definition) is 4.